The lowest BCUT2D eigenvalue weighted by Gasteiger charge is -2.20. The van der Waals surface area contributed by atoms with Gasteiger partial charge in [0.1, 0.15) is 17.7 Å². The van der Waals surface area contributed by atoms with E-state index < -0.39 is 29.7 Å². The minimum absolute atomic E-state index is 0.213. The SMILES string of the molecule is CCCCCCOC(=O)C(CC(Nc1cccc(-n2[nH]nnc2=S)c1)C(=O)O)C(C)=O. The Bertz CT molecular complexity index is 957. The molecule has 168 valence electrons. The molecule has 10 nitrogen and oxygen atoms in total. The van der Waals surface area contributed by atoms with Crippen LogP contribution < -0.4 is 5.32 Å². The first kappa shape index (κ1) is 24.2. The predicted molar refractivity (Wildman–Crippen MR) is 115 cm³/mol. The van der Waals surface area contributed by atoms with Crippen LogP contribution in [0.3, 0.4) is 0 Å². The molecule has 1 aromatic heterocycles. The van der Waals surface area contributed by atoms with Crippen molar-refractivity contribution in [2.24, 2.45) is 5.92 Å². The Hall–Kier alpha value is -3.08. The third-order valence-electron chi connectivity index (χ3n) is 4.70. The van der Waals surface area contributed by atoms with Crippen molar-refractivity contribution in [3.05, 3.63) is 29.0 Å². The van der Waals surface area contributed by atoms with Crippen LogP contribution in [0.2, 0.25) is 0 Å². The number of esters is 1. The minimum Gasteiger partial charge on any atom is -0.480 e. The van der Waals surface area contributed by atoms with Crippen molar-refractivity contribution in [3.63, 3.8) is 0 Å². The van der Waals surface area contributed by atoms with E-state index in [1.807, 2.05) is 0 Å². The average Bonchev–Trinajstić information content (AvgIpc) is 3.16. The number of carboxylic acid groups (broad SMARTS) is 1. The summed E-state index contributed by atoms with van der Waals surface area (Å²) in [4.78, 5) is 36.2. The van der Waals surface area contributed by atoms with Crippen molar-refractivity contribution in [1.29, 1.82) is 0 Å². The van der Waals surface area contributed by atoms with Gasteiger partial charge in [-0.15, -0.1) is 0 Å². The normalized spacial score (nSPS) is 12.7. The highest BCUT2D eigenvalue weighted by Gasteiger charge is 2.31. The van der Waals surface area contributed by atoms with Gasteiger partial charge in [-0.05, 0) is 50.2 Å². The fourth-order valence-electron chi connectivity index (χ4n) is 2.99. The summed E-state index contributed by atoms with van der Waals surface area (Å²) in [6.45, 7) is 3.55. The summed E-state index contributed by atoms with van der Waals surface area (Å²) in [5.74, 6) is -3.48. The molecule has 0 bridgehead atoms. The first-order valence-electron chi connectivity index (χ1n) is 10.1. The Labute approximate surface area is 185 Å². The smallest absolute Gasteiger partial charge is 0.326 e. The summed E-state index contributed by atoms with van der Waals surface area (Å²) in [6.07, 6.45) is 3.51. The van der Waals surface area contributed by atoms with E-state index in [-0.39, 0.29) is 17.8 Å². The van der Waals surface area contributed by atoms with Gasteiger partial charge in [-0.25, -0.2) is 9.48 Å². The number of hydrogen-bond acceptors (Lipinski definition) is 8. The third-order valence-corrected chi connectivity index (χ3v) is 4.97. The van der Waals surface area contributed by atoms with Gasteiger partial charge in [-0.1, -0.05) is 42.6 Å². The maximum atomic E-state index is 12.4. The van der Waals surface area contributed by atoms with Gasteiger partial charge in [0.15, 0.2) is 0 Å². The van der Waals surface area contributed by atoms with Gasteiger partial charge in [0.2, 0.25) is 4.77 Å². The molecule has 0 saturated heterocycles. The minimum atomic E-state index is -1.19. The average molecular weight is 450 g/mol. The zero-order valence-corrected chi connectivity index (χ0v) is 18.4. The second-order valence-corrected chi connectivity index (χ2v) is 7.50. The van der Waals surface area contributed by atoms with E-state index in [9.17, 15) is 19.5 Å². The molecule has 1 aromatic carbocycles. The Morgan fingerprint density at radius 3 is 2.68 bits per heavy atom. The number of aromatic nitrogens is 4. The van der Waals surface area contributed by atoms with E-state index in [1.165, 1.54) is 11.6 Å². The molecule has 2 atom stereocenters. The summed E-state index contributed by atoms with van der Waals surface area (Å²) in [6, 6.07) is 5.59. The number of anilines is 1. The van der Waals surface area contributed by atoms with Gasteiger partial charge < -0.3 is 15.2 Å². The molecule has 1 heterocycles. The summed E-state index contributed by atoms with van der Waals surface area (Å²) < 4.78 is 6.87. The van der Waals surface area contributed by atoms with E-state index in [0.29, 0.717) is 17.8 Å². The van der Waals surface area contributed by atoms with Crippen LogP contribution in [0.4, 0.5) is 5.69 Å². The topological polar surface area (TPSA) is 139 Å². The number of carboxylic acids is 1. The molecule has 2 rings (SSSR count). The van der Waals surface area contributed by atoms with Crippen molar-refractivity contribution < 1.29 is 24.2 Å². The molecule has 0 saturated carbocycles. The summed E-state index contributed by atoms with van der Waals surface area (Å²) in [5, 5.41) is 22.4. The van der Waals surface area contributed by atoms with Gasteiger partial charge >= 0.3 is 11.9 Å². The number of H-pyrrole nitrogens is 1. The molecule has 0 aliphatic carbocycles. The third kappa shape index (κ3) is 7.28. The molecule has 0 radical (unpaired) electrons. The molecule has 0 amide bonds. The fourth-order valence-corrected chi connectivity index (χ4v) is 3.18. The highest BCUT2D eigenvalue weighted by Crippen LogP contribution is 2.19. The summed E-state index contributed by atoms with van der Waals surface area (Å²) in [5.41, 5.74) is 1.07. The van der Waals surface area contributed by atoms with Gasteiger partial charge in [0.05, 0.1) is 12.3 Å². The highest BCUT2D eigenvalue weighted by molar-refractivity contribution is 7.71. The van der Waals surface area contributed by atoms with Crippen molar-refractivity contribution >= 4 is 35.6 Å². The Balaban J connectivity index is 2.08. The number of aromatic amines is 1. The fraction of sp³-hybridized carbons (Fsp3) is 0.500. The number of rotatable bonds is 13. The van der Waals surface area contributed by atoms with E-state index >= 15 is 0 Å². The Kier molecular flexibility index (Phi) is 9.32. The first-order valence-corrected chi connectivity index (χ1v) is 10.5. The van der Waals surface area contributed by atoms with Crippen LogP contribution in [-0.4, -0.2) is 55.7 Å². The molecule has 0 aliphatic heterocycles. The summed E-state index contributed by atoms with van der Waals surface area (Å²) >= 11 is 5.07. The van der Waals surface area contributed by atoms with Crippen molar-refractivity contribution in [2.45, 2.75) is 52.0 Å². The van der Waals surface area contributed by atoms with Gasteiger partial charge in [0, 0.05) is 5.69 Å². The zero-order chi connectivity index (χ0) is 22.8. The van der Waals surface area contributed by atoms with Crippen molar-refractivity contribution in [2.75, 3.05) is 11.9 Å². The molecular formula is C20H27N5O5S. The lowest BCUT2D eigenvalue weighted by molar-refractivity contribution is -0.152. The quantitative estimate of drug-likeness (QED) is 0.182. The molecule has 3 N–H and O–H groups in total. The molecule has 2 aromatic rings. The Morgan fingerprint density at radius 1 is 1.29 bits per heavy atom. The Morgan fingerprint density at radius 2 is 2.06 bits per heavy atom. The number of ketones is 1. The van der Waals surface area contributed by atoms with Crippen molar-refractivity contribution in [3.8, 4) is 5.69 Å². The van der Waals surface area contributed by atoms with Crippen LogP contribution in [0.15, 0.2) is 24.3 Å². The molecule has 2 unspecified atom stereocenters. The van der Waals surface area contributed by atoms with Crippen LogP contribution >= 0.6 is 12.2 Å². The van der Waals surface area contributed by atoms with Gasteiger partial charge in [-0.3, -0.25) is 9.59 Å². The van der Waals surface area contributed by atoms with E-state index in [4.69, 9.17) is 17.0 Å². The lowest BCUT2D eigenvalue weighted by Crippen LogP contribution is -2.36. The number of hydrogen-bond donors (Lipinski definition) is 3. The predicted octanol–water partition coefficient (Wildman–Crippen LogP) is 2.91. The van der Waals surface area contributed by atoms with E-state index in [2.05, 4.69) is 27.8 Å². The number of unbranched alkanes of at least 4 members (excludes halogenated alkanes) is 3. The van der Waals surface area contributed by atoms with Gasteiger partial charge in [0.25, 0.3) is 0 Å². The standard InChI is InChI=1S/C20H27N5O5S/c1-3-4-5-6-10-30-19(29)16(13(2)26)12-17(18(27)28)21-14-8-7-9-15(11-14)25-20(31)22-23-24-25/h7-9,11,16-17,21H,3-6,10,12H2,1-2H3,(H,27,28)(H,22,24,31). The number of carbonyl (C=O) groups excluding carboxylic acids is 2. The monoisotopic (exact) mass is 449 g/mol. The van der Waals surface area contributed by atoms with Gasteiger partial charge in [-0.2, -0.15) is 5.21 Å². The second-order valence-electron chi connectivity index (χ2n) is 7.13. The maximum Gasteiger partial charge on any atom is 0.326 e. The van der Waals surface area contributed by atoms with Crippen LogP contribution in [0, 0.1) is 10.7 Å². The number of nitrogens with zero attached hydrogens (tertiary/aromatic N) is 3. The highest BCUT2D eigenvalue weighted by atomic mass is 32.1. The lowest BCUT2D eigenvalue weighted by atomic mass is 9.96. The summed E-state index contributed by atoms with van der Waals surface area (Å²) in [7, 11) is 0. The number of carbonyl (C=O) groups is 3. The second kappa shape index (κ2) is 11.9. The molecule has 0 fully saturated rings. The number of ether oxygens (including phenoxy) is 1. The molecular weight excluding hydrogens is 422 g/mol. The molecule has 0 spiro atoms. The number of Topliss-reactive ketones (excluding diaryl/α,β-unsaturated/α-hetero) is 1. The number of aliphatic carboxylic acids is 1. The molecule has 11 heteroatoms. The number of tetrazole rings is 1. The van der Waals surface area contributed by atoms with Crippen LogP contribution in [0.25, 0.3) is 5.69 Å². The molecule has 0 aliphatic rings. The number of benzene rings is 1. The van der Waals surface area contributed by atoms with Crippen LogP contribution in [0.1, 0.15) is 46.0 Å². The van der Waals surface area contributed by atoms with E-state index in [0.717, 1.165) is 19.3 Å². The first-order chi connectivity index (χ1) is 14.8. The van der Waals surface area contributed by atoms with Crippen LogP contribution in [0.5, 0.6) is 0 Å². The van der Waals surface area contributed by atoms with Crippen molar-refractivity contribution in [1.82, 2.24) is 20.2 Å². The zero-order valence-electron chi connectivity index (χ0n) is 17.5. The largest absolute Gasteiger partial charge is 0.480 e. The van der Waals surface area contributed by atoms with Crippen LogP contribution in [-0.2, 0) is 19.1 Å². The maximum absolute atomic E-state index is 12.4. The molecule has 31 heavy (non-hydrogen) atoms. The number of nitrogens with one attached hydrogen (secondary N) is 2. The van der Waals surface area contributed by atoms with E-state index in [1.54, 1.807) is 24.3 Å².